The van der Waals surface area contributed by atoms with Crippen molar-refractivity contribution >= 4 is 40.5 Å². The van der Waals surface area contributed by atoms with Gasteiger partial charge in [-0.15, -0.1) is 11.8 Å². The van der Waals surface area contributed by atoms with Gasteiger partial charge in [-0.3, -0.25) is 24.8 Å². The number of esters is 1. The van der Waals surface area contributed by atoms with Crippen molar-refractivity contribution in [3.8, 4) is 0 Å². The van der Waals surface area contributed by atoms with Crippen LogP contribution in [0.5, 0.6) is 0 Å². The van der Waals surface area contributed by atoms with E-state index >= 15 is 0 Å². The first-order chi connectivity index (χ1) is 16.9. The van der Waals surface area contributed by atoms with Crippen LogP contribution in [0.2, 0.25) is 0 Å². The Balaban J connectivity index is 1.23. The summed E-state index contributed by atoms with van der Waals surface area (Å²) in [4.78, 5) is 42.6. The monoisotopic (exact) mass is 496 g/mol. The number of carbonyl (C=O) groups excluding carboxylic acids is 3. The first-order valence-corrected chi connectivity index (χ1v) is 12.6. The van der Waals surface area contributed by atoms with Gasteiger partial charge in [0.1, 0.15) is 6.61 Å². The number of piperazine rings is 1. The van der Waals surface area contributed by atoms with Crippen molar-refractivity contribution in [2.75, 3.05) is 50.4 Å². The third kappa shape index (κ3) is 6.20. The summed E-state index contributed by atoms with van der Waals surface area (Å²) < 4.78 is 10.7. The molecule has 4 rings (SSSR count). The highest BCUT2D eigenvalue weighted by Gasteiger charge is 2.39. The van der Waals surface area contributed by atoms with Crippen LogP contribution in [0.4, 0.5) is 10.5 Å². The number of hydrogen-bond acceptors (Lipinski definition) is 8. The van der Waals surface area contributed by atoms with Crippen LogP contribution in [-0.4, -0.2) is 84.4 Å². The zero-order chi connectivity index (χ0) is 24.8. The lowest BCUT2D eigenvalue weighted by atomic mass is 10.2. The van der Waals surface area contributed by atoms with Crippen LogP contribution in [-0.2, 0) is 25.7 Å². The third-order valence-corrected chi connectivity index (χ3v) is 6.66. The summed E-state index contributed by atoms with van der Waals surface area (Å²) in [5, 5.41) is 8.33. The molecule has 2 amide bonds. The molecule has 1 unspecified atom stereocenters. The highest BCUT2D eigenvalue weighted by atomic mass is 32.2. The van der Waals surface area contributed by atoms with E-state index < -0.39 is 12.2 Å². The fourth-order valence-electron chi connectivity index (χ4n) is 4.01. The molecule has 2 saturated heterocycles. The number of ether oxygens (including phenoxy) is 2. The van der Waals surface area contributed by atoms with E-state index in [9.17, 15) is 14.4 Å². The van der Waals surface area contributed by atoms with E-state index in [1.165, 1.54) is 16.7 Å². The maximum absolute atomic E-state index is 13.0. The molecule has 2 aliphatic heterocycles. The van der Waals surface area contributed by atoms with Crippen molar-refractivity contribution in [3.63, 3.8) is 0 Å². The Hall–Kier alpha value is -3.37. The molecular weight excluding hydrogens is 468 g/mol. The van der Waals surface area contributed by atoms with E-state index in [1.807, 2.05) is 41.5 Å². The highest BCUT2D eigenvalue weighted by Crippen LogP contribution is 2.24. The second kappa shape index (κ2) is 11.4. The number of amides is 2. The molecule has 2 aromatic carbocycles. The molecule has 1 atom stereocenters. The molecule has 0 saturated carbocycles. The van der Waals surface area contributed by atoms with Gasteiger partial charge in [0.05, 0.1) is 18.1 Å². The average molecular weight is 497 g/mol. The lowest BCUT2D eigenvalue weighted by molar-refractivity contribution is -0.147. The van der Waals surface area contributed by atoms with Crippen molar-refractivity contribution < 1.29 is 23.9 Å². The molecule has 9 nitrogen and oxygen atoms in total. The molecule has 10 heteroatoms. The van der Waals surface area contributed by atoms with Crippen LogP contribution < -0.4 is 4.90 Å². The standard InChI is InChI=1S/C25H28N4O5S/c1-35-23(26)19-7-9-20(10-8-19)29-15-21(34-25(29)32)24(31)28-13-11-27(12-14-28)16-22(30)33-17-18-5-3-2-4-6-18/h2-10,21,26H,11-17H2,1H3. The molecule has 0 radical (unpaired) electrons. The Kier molecular flexibility index (Phi) is 8.04. The molecule has 1 N–H and O–H groups in total. The van der Waals surface area contributed by atoms with Crippen LogP contribution in [0, 0.1) is 5.41 Å². The van der Waals surface area contributed by atoms with Gasteiger partial charge < -0.3 is 14.4 Å². The van der Waals surface area contributed by atoms with Crippen molar-refractivity contribution in [2.24, 2.45) is 0 Å². The highest BCUT2D eigenvalue weighted by molar-refractivity contribution is 8.13. The minimum atomic E-state index is -0.867. The van der Waals surface area contributed by atoms with Gasteiger partial charge in [0.2, 0.25) is 0 Å². The summed E-state index contributed by atoms with van der Waals surface area (Å²) in [6.07, 6.45) is 0.409. The summed E-state index contributed by atoms with van der Waals surface area (Å²) >= 11 is 1.34. The quantitative estimate of drug-likeness (QED) is 0.357. The zero-order valence-electron chi connectivity index (χ0n) is 19.5. The predicted octanol–water partition coefficient (Wildman–Crippen LogP) is 2.59. The van der Waals surface area contributed by atoms with Gasteiger partial charge in [-0.1, -0.05) is 42.5 Å². The Morgan fingerprint density at radius 3 is 2.40 bits per heavy atom. The maximum atomic E-state index is 13.0. The van der Waals surface area contributed by atoms with Crippen molar-refractivity contribution in [1.29, 1.82) is 5.41 Å². The van der Waals surface area contributed by atoms with Gasteiger partial charge >= 0.3 is 12.1 Å². The summed E-state index contributed by atoms with van der Waals surface area (Å²) in [6.45, 7) is 2.53. The van der Waals surface area contributed by atoms with Crippen molar-refractivity contribution in [1.82, 2.24) is 9.80 Å². The smallest absolute Gasteiger partial charge is 0.415 e. The Morgan fingerprint density at radius 1 is 1.06 bits per heavy atom. The topological polar surface area (TPSA) is 103 Å². The summed E-state index contributed by atoms with van der Waals surface area (Å²) in [5.41, 5.74) is 2.33. The number of rotatable bonds is 7. The molecule has 2 heterocycles. The van der Waals surface area contributed by atoms with Crippen LogP contribution >= 0.6 is 11.8 Å². The van der Waals surface area contributed by atoms with E-state index in [-0.39, 0.29) is 31.6 Å². The van der Waals surface area contributed by atoms with Gasteiger partial charge in [0.25, 0.3) is 5.91 Å². The Bertz CT molecular complexity index is 1070. The molecule has 0 bridgehead atoms. The molecular formula is C25H28N4O5S. The maximum Gasteiger partial charge on any atom is 0.415 e. The number of nitrogens with one attached hydrogen (secondary N) is 1. The molecule has 0 spiro atoms. The van der Waals surface area contributed by atoms with Gasteiger partial charge in [-0.2, -0.15) is 0 Å². The van der Waals surface area contributed by atoms with E-state index in [0.29, 0.717) is 36.9 Å². The third-order valence-electron chi connectivity index (χ3n) is 6.01. The fourth-order valence-corrected chi connectivity index (χ4v) is 4.38. The second-order valence-electron chi connectivity index (χ2n) is 8.31. The van der Waals surface area contributed by atoms with Crippen LogP contribution in [0.25, 0.3) is 0 Å². The minimum absolute atomic E-state index is 0.142. The number of nitrogens with zero attached hydrogens (tertiary/aromatic N) is 3. The molecule has 184 valence electrons. The molecule has 0 aromatic heterocycles. The van der Waals surface area contributed by atoms with E-state index in [1.54, 1.807) is 29.2 Å². The lowest BCUT2D eigenvalue weighted by Crippen LogP contribution is -2.53. The van der Waals surface area contributed by atoms with Crippen LogP contribution in [0.15, 0.2) is 54.6 Å². The normalized spacial score (nSPS) is 18.3. The van der Waals surface area contributed by atoms with Gasteiger partial charge in [-0.05, 0) is 24.0 Å². The fraction of sp³-hybridized carbons (Fsp3) is 0.360. The number of hydrogen-bond donors (Lipinski definition) is 1. The van der Waals surface area contributed by atoms with Gasteiger partial charge in [0, 0.05) is 37.4 Å². The number of benzene rings is 2. The van der Waals surface area contributed by atoms with Crippen molar-refractivity contribution in [3.05, 3.63) is 65.7 Å². The Morgan fingerprint density at radius 2 is 1.74 bits per heavy atom. The zero-order valence-corrected chi connectivity index (χ0v) is 20.3. The van der Waals surface area contributed by atoms with E-state index in [4.69, 9.17) is 14.9 Å². The van der Waals surface area contributed by atoms with Gasteiger partial charge in [-0.25, -0.2) is 4.79 Å². The summed E-state index contributed by atoms with van der Waals surface area (Å²) in [7, 11) is 0. The van der Waals surface area contributed by atoms with Crippen molar-refractivity contribution in [2.45, 2.75) is 12.7 Å². The average Bonchev–Trinajstić information content (AvgIpc) is 3.29. The first-order valence-electron chi connectivity index (χ1n) is 11.4. The number of thioether (sulfide) groups is 1. The number of carbonyl (C=O) groups is 3. The largest absolute Gasteiger partial charge is 0.460 e. The molecule has 35 heavy (non-hydrogen) atoms. The van der Waals surface area contributed by atoms with E-state index in [2.05, 4.69) is 0 Å². The second-order valence-corrected chi connectivity index (χ2v) is 9.13. The molecule has 0 aliphatic carbocycles. The predicted molar refractivity (Wildman–Crippen MR) is 134 cm³/mol. The van der Waals surface area contributed by atoms with Crippen LogP contribution in [0.3, 0.4) is 0 Å². The molecule has 2 aromatic rings. The SMILES string of the molecule is CSC(=N)c1ccc(N2CC(C(=O)N3CCN(CC(=O)OCc4ccccc4)CC3)OC2=O)cc1. The molecule has 2 fully saturated rings. The van der Waals surface area contributed by atoms with Crippen LogP contribution in [0.1, 0.15) is 11.1 Å². The van der Waals surface area contributed by atoms with Gasteiger partial charge in [0.15, 0.2) is 6.10 Å². The number of anilines is 1. The summed E-state index contributed by atoms with van der Waals surface area (Å²) in [6, 6.07) is 16.6. The lowest BCUT2D eigenvalue weighted by Gasteiger charge is -2.34. The minimum Gasteiger partial charge on any atom is -0.460 e. The summed E-state index contributed by atoms with van der Waals surface area (Å²) in [5.74, 6) is -0.527. The first kappa shape index (κ1) is 24.7. The van der Waals surface area contributed by atoms with E-state index in [0.717, 1.165) is 11.1 Å². The Labute approximate surface area is 208 Å². The number of cyclic esters (lactones) is 1. The molecule has 2 aliphatic rings.